The van der Waals surface area contributed by atoms with Gasteiger partial charge in [0.25, 0.3) is 0 Å². The molecule has 0 saturated heterocycles. The molecule has 0 fully saturated rings. The molecule has 7 heteroatoms. The van der Waals surface area contributed by atoms with Crippen molar-refractivity contribution in [1.82, 2.24) is 19.6 Å². The van der Waals surface area contributed by atoms with E-state index in [4.69, 9.17) is 5.73 Å². The fourth-order valence-electron chi connectivity index (χ4n) is 1.83. The average Bonchev–Trinajstić information content (AvgIpc) is 2.67. The summed E-state index contributed by atoms with van der Waals surface area (Å²) in [6.45, 7) is 4.57. The van der Waals surface area contributed by atoms with Crippen LogP contribution in [0.3, 0.4) is 0 Å². The fraction of sp³-hybridized carbons (Fsp3) is 0.545. The van der Waals surface area contributed by atoms with E-state index >= 15 is 0 Å². The minimum Gasteiger partial charge on any atom is -0.370 e. The highest BCUT2D eigenvalue weighted by molar-refractivity contribution is 5.49. The molecule has 18 heavy (non-hydrogen) atoms. The number of H-pyrrole nitrogens is 1. The maximum atomic E-state index is 11.4. The SMILES string of the molecule is Cc1nc(NCCCC(C)N)cc2n[nH]c(=O)n12. The first-order chi connectivity index (χ1) is 8.58. The molecule has 0 bridgehead atoms. The van der Waals surface area contributed by atoms with Gasteiger partial charge in [0.2, 0.25) is 0 Å². The summed E-state index contributed by atoms with van der Waals surface area (Å²) in [4.78, 5) is 15.7. The summed E-state index contributed by atoms with van der Waals surface area (Å²) in [5.41, 5.74) is 5.98. The monoisotopic (exact) mass is 250 g/mol. The van der Waals surface area contributed by atoms with E-state index in [-0.39, 0.29) is 11.7 Å². The van der Waals surface area contributed by atoms with E-state index in [0.29, 0.717) is 11.5 Å². The van der Waals surface area contributed by atoms with Crippen LogP contribution in [-0.2, 0) is 0 Å². The van der Waals surface area contributed by atoms with Crippen molar-refractivity contribution < 1.29 is 0 Å². The third kappa shape index (κ3) is 2.67. The van der Waals surface area contributed by atoms with Crippen molar-refractivity contribution >= 4 is 11.5 Å². The highest BCUT2D eigenvalue weighted by Gasteiger charge is 2.06. The van der Waals surface area contributed by atoms with Gasteiger partial charge in [0.05, 0.1) is 0 Å². The number of aromatic nitrogens is 4. The van der Waals surface area contributed by atoms with Crippen LogP contribution in [0, 0.1) is 6.92 Å². The lowest BCUT2D eigenvalue weighted by atomic mass is 10.2. The number of nitrogens with two attached hydrogens (primary N) is 1. The van der Waals surface area contributed by atoms with Gasteiger partial charge < -0.3 is 11.1 Å². The molecule has 7 nitrogen and oxygen atoms in total. The first-order valence-electron chi connectivity index (χ1n) is 6.02. The van der Waals surface area contributed by atoms with Crippen molar-refractivity contribution in [2.75, 3.05) is 11.9 Å². The van der Waals surface area contributed by atoms with Crippen LogP contribution < -0.4 is 16.7 Å². The van der Waals surface area contributed by atoms with E-state index in [2.05, 4.69) is 20.5 Å². The lowest BCUT2D eigenvalue weighted by Crippen LogP contribution is -2.17. The number of fused-ring (bicyclic) bond motifs is 1. The highest BCUT2D eigenvalue weighted by Crippen LogP contribution is 2.08. The van der Waals surface area contributed by atoms with E-state index in [1.807, 2.05) is 6.92 Å². The van der Waals surface area contributed by atoms with Crippen molar-refractivity contribution in [2.24, 2.45) is 5.73 Å². The second-order valence-electron chi connectivity index (χ2n) is 4.46. The molecule has 0 spiro atoms. The first kappa shape index (κ1) is 12.6. The number of anilines is 1. The topological polar surface area (TPSA) is 101 Å². The summed E-state index contributed by atoms with van der Waals surface area (Å²) in [6, 6.07) is 1.96. The van der Waals surface area contributed by atoms with E-state index in [0.717, 1.165) is 25.2 Å². The zero-order valence-corrected chi connectivity index (χ0v) is 10.6. The largest absolute Gasteiger partial charge is 0.370 e. The smallest absolute Gasteiger partial charge is 0.349 e. The molecule has 0 radical (unpaired) electrons. The molecule has 1 unspecified atom stereocenters. The van der Waals surface area contributed by atoms with Crippen molar-refractivity contribution in [3.63, 3.8) is 0 Å². The van der Waals surface area contributed by atoms with Crippen LogP contribution in [0.1, 0.15) is 25.6 Å². The Balaban J connectivity index is 2.08. The van der Waals surface area contributed by atoms with Gasteiger partial charge in [-0.3, -0.25) is 0 Å². The summed E-state index contributed by atoms with van der Waals surface area (Å²) in [7, 11) is 0. The van der Waals surface area contributed by atoms with Crippen molar-refractivity contribution in [3.05, 3.63) is 22.4 Å². The Morgan fingerprint density at radius 1 is 1.61 bits per heavy atom. The van der Waals surface area contributed by atoms with Gasteiger partial charge in [-0.15, -0.1) is 0 Å². The molecule has 0 aliphatic heterocycles. The Kier molecular flexibility index (Phi) is 3.61. The number of hydrogen-bond donors (Lipinski definition) is 3. The van der Waals surface area contributed by atoms with Crippen LogP contribution in [0.15, 0.2) is 10.9 Å². The lowest BCUT2D eigenvalue weighted by Gasteiger charge is -2.08. The number of aromatic amines is 1. The average molecular weight is 250 g/mol. The summed E-state index contributed by atoms with van der Waals surface area (Å²) < 4.78 is 1.44. The number of nitrogens with zero attached hydrogens (tertiary/aromatic N) is 3. The molecule has 2 aromatic heterocycles. The van der Waals surface area contributed by atoms with Gasteiger partial charge in [-0.1, -0.05) is 0 Å². The first-order valence-corrected chi connectivity index (χ1v) is 6.02. The van der Waals surface area contributed by atoms with Gasteiger partial charge in [0, 0.05) is 18.7 Å². The highest BCUT2D eigenvalue weighted by atomic mass is 16.1. The Labute approximate surface area is 104 Å². The summed E-state index contributed by atoms with van der Waals surface area (Å²) in [5.74, 6) is 1.34. The molecule has 1 atom stereocenters. The van der Waals surface area contributed by atoms with E-state index in [9.17, 15) is 4.79 Å². The summed E-state index contributed by atoms with van der Waals surface area (Å²) in [5, 5.41) is 9.53. The van der Waals surface area contributed by atoms with Gasteiger partial charge in [-0.05, 0) is 26.7 Å². The van der Waals surface area contributed by atoms with Gasteiger partial charge in [-0.2, -0.15) is 5.10 Å². The minimum absolute atomic E-state index is 0.217. The minimum atomic E-state index is -0.265. The van der Waals surface area contributed by atoms with Crippen molar-refractivity contribution in [1.29, 1.82) is 0 Å². The van der Waals surface area contributed by atoms with Crippen LogP contribution in [0.4, 0.5) is 5.82 Å². The van der Waals surface area contributed by atoms with E-state index in [1.54, 1.807) is 13.0 Å². The number of nitrogens with one attached hydrogen (secondary N) is 2. The fourth-order valence-corrected chi connectivity index (χ4v) is 1.83. The summed E-state index contributed by atoms with van der Waals surface area (Å²) >= 11 is 0. The number of hydrogen-bond acceptors (Lipinski definition) is 5. The molecule has 2 heterocycles. The van der Waals surface area contributed by atoms with Crippen LogP contribution in [0.5, 0.6) is 0 Å². The second-order valence-corrected chi connectivity index (χ2v) is 4.46. The molecule has 2 rings (SSSR count). The molecule has 4 N–H and O–H groups in total. The lowest BCUT2D eigenvalue weighted by molar-refractivity contribution is 0.638. The Hall–Kier alpha value is -1.89. The quantitative estimate of drug-likeness (QED) is 0.661. The summed E-state index contributed by atoms with van der Waals surface area (Å²) in [6.07, 6.45) is 1.95. The van der Waals surface area contributed by atoms with Crippen LogP contribution in [0.2, 0.25) is 0 Å². The third-order valence-electron chi connectivity index (χ3n) is 2.71. The molecule has 2 aromatic rings. The van der Waals surface area contributed by atoms with Gasteiger partial charge in [0.1, 0.15) is 11.6 Å². The van der Waals surface area contributed by atoms with Crippen LogP contribution >= 0.6 is 0 Å². The van der Waals surface area contributed by atoms with Crippen molar-refractivity contribution in [3.8, 4) is 0 Å². The van der Waals surface area contributed by atoms with Gasteiger partial charge >= 0.3 is 5.69 Å². The Morgan fingerprint density at radius 3 is 3.11 bits per heavy atom. The Bertz CT molecular complexity index is 585. The number of aryl methyl sites for hydroxylation is 1. The van der Waals surface area contributed by atoms with Gasteiger partial charge in [0.15, 0.2) is 5.65 Å². The molecular formula is C11H18N6O. The van der Waals surface area contributed by atoms with Crippen LogP contribution in [-0.4, -0.2) is 32.2 Å². The third-order valence-corrected chi connectivity index (χ3v) is 2.71. The zero-order chi connectivity index (χ0) is 13.1. The molecule has 0 aliphatic carbocycles. The standard InChI is InChI=1S/C11H18N6O/c1-7(12)4-3-5-13-9-6-10-15-16-11(18)17(10)8(2)14-9/h6-7,13H,3-5,12H2,1-2H3,(H,16,18). The molecular weight excluding hydrogens is 232 g/mol. The number of rotatable bonds is 5. The second kappa shape index (κ2) is 5.18. The Morgan fingerprint density at radius 2 is 2.39 bits per heavy atom. The molecule has 98 valence electrons. The van der Waals surface area contributed by atoms with E-state index in [1.165, 1.54) is 4.40 Å². The van der Waals surface area contributed by atoms with Gasteiger partial charge in [-0.25, -0.2) is 19.3 Å². The zero-order valence-electron chi connectivity index (χ0n) is 10.6. The van der Waals surface area contributed by atoms with E-state index < -0.39 is 0 Å². The molecule has 0 amide bonds. The molecule has 0 saturated carbocycles. The van der Waals surface area contributed by atoms with Crippen molar-refractivity contribution in [2.45, 2.75) is 32.7 Å². The predicted octanol–water partition coefficient (Wildman–Crippen LogP) is 0.265. The van der Waals surface area contributed by atoms with Crippen LogP contribution in [0.25, 0.3) is 5.65 Å². The molecule has 0 aliphatic rings. The normalized spacial score (nSPS) is 12.8. The predicted molar refractivity (Wildman–Crippen MR) is 69.7 cm³/mol. The maximum absolute atomic E-state index is 11.4. The molecule has 0 aromatic carbocycles. The maximum Gasteiger partial charge on any atom is 0.349 e.